The van der Waals surface area contributed by atoms with E-state index < -0.39 is 0 Å². The van der Waals surface area contributed by atoms with Crippen molar-refractivity contribution in [3.05, 3.63) is 101 Å². The molecule has 0 radical (unpaired) electrons. The Hall–Kier alpha value is -3.71. The number of ether oxygens (including phenoxy) is 1. The minimum atomic E-state index is -0.384. The highest BCUT2D eigenvalue weighted by Crippen LogP contribution is 2.14. The van der Waals surface area contributed by atoms with E-state index in [4.69, 9.17) is 17.0 Å². The molecule has 3 aromatic carbocycles. The van der Waals surface area contributed by atoms with Gasteiger partial charge in [0.15, 0.2) is 5.11 Å². The number of carbonyl (C=O) groups is 2. The molecule has 0 atom stereocenters. The quantitative estimate of drug-likeness (QED) is 0.410. The average Bonchev–Trinajstić information content (AvgIpc) is 2.78. The lowest BCUT2D eigenvalue weighted by Gasteiger charge is -2.12. The number of thiocarbonyl (C=S) groups is 1. The van der Waals surface area contributed by atoms with Crippen molar-refractivity contribution in [1.29, 1.82) is 0 Å². The first-order chi connectivity index (χ1) is 15.0. The summed E-state index contributed by atoms with van der Waals surface area (Å²) in [6.45, 7) is 2.39. The number of hydrogen-bond donors (Lipinski definition) is 3. The molecule has 3 N–H and O–H groups in total. The van der Waals surface area contributed by atoms with E-state index in [1.165, 1.54) is 0 Å². The lowest BCUT2D eigenvalue weighted by atomic mass is 10.1. The van der Waals surface area contributed by atoms with Crippen LogP contribution >= 0.6 is 12.2 Å². The van der Waals surface area contributed by atoms with Crippen molar-refractivity contribution in [2.24, 2.45) is 0 Å². The van der Waals surface area contributed by atoms with Crippen molar-refractivity contribution in [1.82, 2.24) is 16.2 Å². The summed E-state index contributed by atoms with van der Waals surface area (Å²) in [7, 11) is 0. The van der Waals surface area contributed by atoms with E-state index >= 15 is 0 Å². The molecule has 0 fully saturated rings. The molecule has 7 heteroatoms. The fraction of sp³-hybridized carbons (Fsp3) is 0.125. The molecule has 6 nitrogen and oxygen atoms in total. The Balaban J connectivity index is 1.42. The zero-order chi connectivity index (χ0) is 22.1. The van der Waals surface area contributed by atoms with Crippen LogP contribution in [0.1, 0.15) is 27.0 Å². The van der Waals surface area contributed by atoms with Gasteiger partial charge in [-0.25, -0.2) is 0 Å². The van der Waals surface area contributed by atoms with Crippen LogP contribution in [0.2, 0.25) is 0 Å². The minimum absolute atomic E-state index is 0.0229. The Bertz CT molecular complexity index is 1050. The maximum atomic E-state index is 12.3. The summed E-state index contributed by atoms with van der Waals surface area (Å²) in [6, 6.07) is 24.2. The first-order valence-electron chi connectivity index (χ1n) is 9.73. The fourth-order valence-corrected chi connectivity index (χ4v) is 2.98. The molecule has 158 valence electrons. The van der Waals surface area contributed by atoms with Crippen molar-refractivity contribution < 1.29 is 14.3 Å². The third-order valence-electron chi connectivity index (χ3n) is 4.52. The summed E-state index contributed by atoms with van der Waals surface area (Å²) in [5.74, 6) is 0.0124. The summed E-state index contributed by atoms with van der Waals surface area (Å²) in [5, 5.41) is 2.57. The van der Waals surface area contributed by atoms with Gasteiger partial charge in [0.25, 0.3) is 5.91 Å². The van der Waals surface area contributed by atoms with E-state index in [2.05, 4.69) is 16.2 Å². The Morgan fingerprint density at radius 3 is 2.26 bits per heavy atom. The zero-order valence-corrected chi connectivity index (χ0v) is 17.9. The predicted octanol–water partition coefficient (Wildman–Crippen LogP) is 3.45. The van der Waals surface area contributed by atoms with Gasteiger partial charge >= 0.3 is 0 Å². The van der Waals surface area contributed by atoms with Gasteiger partial charge < -0.3 is 10.1 Å². The third-order valence-corrected chi connectivity index (χ3v) is 4.72. The van der Waals surface area contributed by atoms with Crippen molar-refractivity contribution in [3.8, 4) is 5.75 Å². The number of nitrogens with one attached hydrogen (secondary N) is 3. The monoisotopic (exact) mass is 433 g/mol. The highest BCUT2D eigenvalue weighted by Gasteiger charge is 2.10. The van der Waals surface area contributed by atoms with Gasteiger partial charge in [0.2, 0.25) is 5.91 Å². The summed E-state index contributed by atoms with van der Waals surface area (Å²) in [4.78, 5) is 24.4. The van der Waals surface area contributed by atoms with E-state index in [1.54, 1.807) is 24.3 Å². The normalized spacial score (nSPS) is 10.1. The summed E-state index contributed by atoms with van der Waals surface area (Å²) in [6.07, 6.45) is 0.201. The second-order valence-corrected chi connectivity index (χ2v) is 7.27. The van der Waals surface area contributed by atoms with Gasteiger partial charge in [0, 0.05) is 5.56 Å². The van der Waals surface area contributed by atoms with Crippen molar-refractivity contribution >= 4 is 29.1 Å². The lowest BCUT2D eigenvalue weighted by Crippen LogP contribution is -2.48. The molecule has 0 bridgehead atoms. The van der Waals surface area contributed by atoms with Crippen LogP contribution in [-0.4, -0.2) is 16.9 Å². The summed E-state index contributed by atoms with van der Waals surface area (Å²) < 4.78 is 5.71. The Morgan fingerprint density at radius 2 is 1.55 bits per heavy atom. The highest BCUT2D eigenvalue weighted by atomic mass is 32.1. The number of rotatable bonds is 6. The van der Waals surface area contributed by atoms with E-state index in [0.717, 1.165) is 16.7 Å². The van der Waals surface area contributed by atoms with E-state index in [1.807, 2.05) is 61.5 Å². The maximum absolute atomic E-state index is 12.3. The fourth-order valence-electron chi connectivity index (χ4n) is 2.81. The topological polar surface area (TPSA) is 79.5 Å². The van der Waals surface area contributed by atoms with Gasteiger partial charge in [-0.1, -0.05) is 54.6 Å². The molecule has 0 saturated carbocycles. The largest absolute Gasteiger partial charge is 0.489 e. The molecule has 0 aromatic heterocycles. The predicted molar refractivity (Wildman–Crippen MR) is 123 cm³/mol. The van der Waals surface area contributed by atoms with Crippen LogP contribution in [-0.2, 0) is 17.8 Å². The van der Waals surface area contributed by atoms with Gasteiger partial charge in [-0.15, -0.1) is 0 Å². The van der Waals surface area contributed by atoms with Crippen LogP contribution in [0.25, 0.3) is 0 Å². The molecule has 0 heterocycles. The van der Waals surface area contributed by atoms with Crippen molar-refractivity contribution in [2.75, 3.05) is 0 Å². The van der Waals surface area contributed by atoms with Gasteiger partial charge in [-0.3, -0.25) is 20.4 Å². The molecule has 3 rings (SSSR count). The maximum Gasteiger partial charge on any atom is 0.269 e. The first kappa shape index (κ1) is 22.0. The smallest absolute Gasteiger partial charge is 0.269 e. The molecule has 0 aliphatic carbocycles. The molecular formula is C24H23N3O3S. The van der Waals surface area contributed by atoms with E-state index in [0.29, 0.717) is 17.9 Å². The molecule has 0 unspecified atom stereocenters. The molecule has 3 aromatic rings. The first-order valence-corrected chi connectivity index (χ1v) is 10.1. The SMILES string of the molecule is Cc1ccccc1CC(=O)NC(=S)NNC(=O)c1ccc(OCc2ccccc2)cc1. The van der Waals surface area contributed by atoms with Crippen LogP contribution < -0.4 is 20.9 Å². The molecule has 0 saturated heterocycles. The second kappa shape index (κ2) is 10.9. The van der Waals surface area contributed by atoms with Gasteiger partial charge in [0.05, 0.1) is 6.42 Å². The van der Waals surface area contributed by atoms with Crippen molar-refractivity contribution in [3.63, 3.8) is 0 Å². The van der Waals surface area contributed by atoms with Crippen LogP contribution in [0.3, 0.4) is 0 Å². The van der Waals surface area contributed by atoms with Gasteiger partial charge in [-0.2, -0.15) is 0 Å². The zero-order valence-electron chi connectivity index (χ0n) is 17.1. The standard InChI is InChI=1S/C24H23N3O3S/c1-17-7-5-6-10-20(17)15-22(28)25-24(31)27-26-23(29)19-11-13-21(14-12-19)30-16-18-8-3-2-4-9-18/h2-14H,15-16H2,1H3,(H,26,29)(H2,25,27,28,31). The Morgan fingerprint density at radius 1 is 0.871 bits per heavy atom. The number of aryl methyl sites for hydroxylation is 1. The lowest BCUT2D eigenvalue weighted by molar-refractivity contribution is -0.119. The molecule has 0 aliphatic rings. The Labute approximate surface area is 186 Å². The molecule has 2 amide bonds. The number of benzene rings is 3. The number of amides is 2. The van der Waals surface area contributed by atoms with Crippen LogP contribution in [0.15, 0.2) is 78.9 Å². The van der Waals surface area contributed by atoms with E-state index in [9.17, 15) is 9.59 Å². The summed E-state index contributed by atoms with van der Waals surface area (Å²) in [5.41, 5.74) is 8.45. The number of hydrazine groups is 1. The molecule has 31 heavy (non-hydrogen) atoms. The molecule has 0 spiro atoms. The van der Waals surface area contributed by atoms with Crippen LogP contribution in [0, 0.1) is 6.92 Å². The highest BCUT2D eigenvalue weighted by molar-refractivity contribution is 7.80. The number of carbonyl (C=O) groups excluding carboxylic acids is 2. The molecule has 0 aliphatic heterocycles. The summed E-state index contributed by atoms with van der Waals surface area (Å²) >= 11 is 5.07. The van der Waals surface area contributed by atoms with Crippen LogP contribution in [0.4, 0.5) is 0 Å². The van der Waals surface area contributed by atoms with Crippen LogP contribution in [0.5, 0.6) is 5.75 Å². The second-order valence-electron chi connectivity index (χ2n) is 6.86. The third kappa shape index (κ3) is 6.94. The van der Waals surface area contributed by atoms with E-state index in [-0.39, 0.29) is 23.3 Å². The Kier molecular flexibility index (Phi) is 7.73. The average molecular weight is 434 g/mol. The number of hydrogen-bond acceptors (Lipinski definition) is 4. The van der Waals surface area contributed by atoms with Crippen molar-refractivity contribution in [2.45, 2.75) is 20.0 Å². The minimum Gasteiger partial charge on any atom is -0.489 e. The van der Waals surface area contributed by atoms with Gasteiger partial charge in [-0.05, 0) is 60.1 Å². The molecular weight excluding hydrogens is 410 g/mol. The van der Waals surface area contributed by atoms with Gasteiger partial charge in [0.1, 0.15) is 12.4 Å².